The summed E-state index contributed by atoms with van der Waals surface area (Å²) in [6, 6.07) is 11.8. The Kier molecular flexibility index (Phi) is 6.64. The number of hydrogen-bond donors (Lipinski definition) is 2. The molecular weight excluding hydrogens is 395 g/mol. The fourth-order valence-electron chi connectivity index (χ4n) is 1.78. The first kappa shape index (κ1) is 18.6. The predicted molar refractivity (Wildman–Crippen MR) is 92.5 cm³/mol. The zero-order valence-electron chi connectivity index (χ0n) is 12.9. The first-order valence-electron chi connectivity index (χ1n) is 7.19. The van der Waals surface area contributed by atoms with Gasteiger partial charge < -0.3 is 15.4 Å². The van der Waals surface area contributed by atoms with Crippen molar-refractivity contribution in [2.45, 2.75) is 0 Å². The minimum Gasteiger partial charge on any atom is -0.454 e. The molecule has 0 spiro atoms. The highest BCUT2D eigenvalue weighted by Crippen LogP contribution is 2.13. The van der Waals surface area contributed by atoms with Crippen LogP contribution in [0.1, 0.15) is 10.4 Å². The van der Waals surface area contributed by atoms with Crippen LogP contribution < -0.4 is 10.6 Å². The predicted octanol–water partition coefficient (Wildman–Crippen LogP) is 2.50. The molecule has 0 bridgehead atoms. The Balaban J connectivity index is 1.71. The number of anilines is 1. The number of carbonyl (C=O) groups excluding carboxylic acids is 3. The molecule has 25 heavy (non-hydrogen) atoms. The van der Waals surface area contributed by atoms with Gasteiger partial charge >= 0.3 is 5.97 Å². The first-order chi connectivity index (χ1) is 11.9. The van der Waals surface area contributed by atoms with E-state index in [1.807, 2.05) is 0 Å². The Morgan fingerprint density at radius 1 is 1.00 bits per heavy atom. The van der Waals surface area contributed by atoms with Gasteiger partial charge in [0.25, 0.3) is 11.8 Å². The van der Waals surface area contributed by atoms with Gasteiger partial charge in [-0.05, 0) is 48.5 Å². The summed E-state index contributed by atoms with van der Waals surface area (Å²) in [5.74, 6) is -2.27. The molecule has 2 rings (SSSR count). The zero-order valence-corrected chi connectivity index (χ0v) is 14.5. The van der Waals surface area contributed by atoms with Crippen molar-refractivity contribution in [1.82, 2.24) is 5.32 Å². The van der Waals surface area contributed by atoms with Gasteiger partial charge in [-0.25, -0.2) is 4.39 Å². The Bertz CT molecular complexity index is 763. The molecule has 0 atom stereocenters. The highest BCUT2D eigenvalue weighted by atomic mass is 79.9. The number of hydrogen-bond acceptors (Lipinski definition) is 4. The summed E-state index contributed by atoms with van der Waals surface area (Å²) in [5, 5.41) is 4.89. The van der Waals surface area contributed by atoms with E-state index in [2.05, 4.69) is 26.6 Å². The van der Waals surface area contributed by atoms with Gasteiger partial charge in [0.1, 0.15) is 12.4 Å². The summed E-state index contributed by atoms with van der Waals surface area (Å²) in [4.78, 5) is 35.0. The third kappa shape index (κ3) is 6.34. The van der Waals surface area contributed by atoms with E-state index in [1.54, 1.807) is 24.3 Å². The van der Waals surface area contributed by atoms with Gasteiger partial charge in [0, 0.05) is 15.7 Å². The molecule has 0 radical (unpaired) electrons. The average molecular weight is 409 g/mol. The standard InChI is InChI=1S/C17H14BrFN2O4/c18-12-3-7-14(8-4-12)21-15(22)10-25-16(23)9-20-17(24)11-1-5-13(19)6-2-11/h1-8H,9-10H2,(H,20,24)(H,21,22). The molecule has 2 N–H and O–H groups in total. The maximum absolute atomic E-state index is 12.8. The van der Waals surface area contributed by atoms with E-state index >= 15 is 0 Å². The lowest BCUT2D eigenvalue weighted by atomic mass is 10.2. The van der Waals surface area contributed by atoms with Crippen LogP contribution in [0.25, 0.3) is 0 Å². The fourth-order valence-corrected chi connectivity index (χ4v) is 2.05. The van der Waals surface area contributed by atoms with Gasteiger partial charge in [-0.3, -0.25) is 14.4 Å². The van der Waals surface area contributed by atoms with E-state index in [4.69, 9.17) is 4.74 Å². The molecule has 130 valence electrons. The van der Waals surface area contributed by atoms with Gasteiger partial charge in [-0.1, -0.05) is 15.9 Å². The molecule has 8 heteroatoms. The number of carbonyl (C=O) groups is 3. The Hall–Kier alpha value is -2.74. The Morgan fingerprint density at radius 2 is 1.64 bits per heavy atom. The molecule has 2 amide bonds. The number of halogens is 2. The second-order valence-corrected chi connectivity index (χ2v) is 5.82. The molecule has 0 aliphatic heterocycles. The lowest BCUT2D eigenvalue weighted by molar-refractivity contribution is -0.146. The average Bonchev–Trinajstić information content (AvgIpc) is 2.60. The van der Waals surface area contributed by atoms with Crippen LogP contribution in [0.3, 0.4) is 0 Å². The molecule has 0 aliphatic rings. The number of esters is 1. The monoisotopic (exact) mass is 408 g/mol. The lowest BCUT2D eigenvalue weighted by Crippen LogP contribution is -2.32. The van der Waals surface area contributed by atoms with E-state index in [0.717, 1.165) is 16.6 Å². The summed E-state index contributed by atoms with van der Waals surface area (Å²) in [6.45, 7) is -0.872. The normalized spacial score (nSPS) is 10.0. The molecule has 0 fully saturated rings. The van der Waals surface area contributed by atoms with Crippen LogP contribution in [0.4, 0.5) is 10.1 Å². The Labute approximate surface area is 151 Å². The van der Waals surface area contributed by atoms with E-state index in [9.17, 15) is 18.8 Å². The van der Waals surface area contributed by atoms with Crippen molar-refractivity contribution >= 4 is 39.4 Å². The second-order valence-electron chi connectivity index (χ2n) is 4.91. The Morgan fingerprint density at radius 3 is 2.28 bits per heavy atom. The molecular formula is C17H14BrFN2O4. The van der Waals surface area contributed by atoms with Crippen LogP contribution in [0.2, 0.25) is 0 Å². The van der Waals surface area contributed by atoms with Crippen LogP contribution in [0.5, 0.6) is 0 Å². The zero-order chi connectivity index (χ0) is 18.2. The van der Waals surface area contributed by atoms with Crippen molar-refractivity contribution in [3.8, 4) is 0 Å². The molecule has 0 saturated heterocycles. The minimum atomic E-state index is -0.763. The molecule has 6 nitrogen and oxygen atoms in total. The van der Waals surface area contributed by atoms with E-state index in [-0.39, 0.29) is 5.56 Å². The number of amides is 2. The van der Waals surface area contributed by atoms with Gasteiger partial charge in [-0.2, -0.15) is 0 Å². The van der Waals surface area contributed by atoms with Crippen LogP contribution in [-0.2, 0) is 14.3 Å². The van der Waals surface area contributed by atoms with E-state index < -0.39 is 36.8 Å². The number of nitrogens with one attached hydrogen (secondary N) is 2. The van der Waals surface area contributed by atoms with Crippen LogP contribution in [-0.4, -0.2) is 30.9 Å². The van der Waals surface area contributed by atoms with Crippen LogP contribution in [0.15, 0.2) is 53.0 Å². The van der Waals surface area contributed by atoms with Gasteiger partial charge in [0.15, 0.2) is 6.61 Å². The van der Waals surface area contributed by atoms with Crippen molar-refractivity contribution < 1.29 is 23.5 Å². The van der Waals surface area contributed by atoms with Gasteiger partial charge in [-0.15, -0.1) is 0 Å². The van der Waals surface area contributed by atoms with Crippen LogP contribution in [0, 0.1) is 5.82 Å². The highest BCUT2D eigenvalue weighted by molar-refractivity contribution is 9.10. The molecule has 0 saturated carbocycles. The van der Waals surface area contributed by atoms with Crippen molar-refractivity contribution in [2.75, 3.05) is 18.5 Å². The molecule has 2 aromatic rings. The van der Waals surface area contributed by atoms with Crippen molar-refractivity contribution in [3.05, 3.63) is 64.4 Å². The summed E-state index contributed by atoms with van der Waals surface area (Å²) >= 11 is 3.28. The van der Waals surface area contributed by atoms with Crippen molar-refractivity contribution in [3.63, 3.8) is 0 Å². The lowest BCUT2D eigenvalue weighted by Gasteiger charge is -2.08. The molecule has 0 heterocycles. The summed E-state index contributed by atoms with van der Waals surface area (Å²) in [6.07, 6.45) is 0. The van der Waals surface area contributed by atoms with Crippen molar-refractivity contribution in [2.24, 2.45) is 0 Å². The molecule has 2 aromatic carbocycles. The third-order valence-corrected chi connectivity index (χ3v) is 3.52. The highest BCUT2D eigenvalue weighted by Gasteiger charge is 2.11. The third-order valence-electron chi connectivity index (χ3n) is 2.99. The number of benzene rings is 2. The second kappa shape index (κ2) is 8.93. The topological polar surface area (TPSA) is 84.5 Å². The summed E-state index contributed by atoms with van der Waals surface area (Å²) in [7, 11) is 0. The van der Waals surface area contributed by atoms with E-state index in [1.165, 1.54) is 12.1 Å². The maximum Gasteiger partial charge on any atom is 0.325 e. The largest absolute Gasteiger partial charge is 0.454 e. The SMILES string of the molecule is O=C(COC(=O)CNC(=O)c1ccc(F)cc1)Nc1ccc(Br)cc1. The van der Waals surface area contributed by atoms with Crippen LogP contribution >= 0.6 is 15.9 Å². The first-order valence-corrected chi connectivity index (χ1v) is 7.98. The maximum atomic E-state index is 12.8. The van der Waals surface area contributed by atoms with Crippen molar-refractivity contribution in [1.29, 1.82) is 0 Å². The smallest absolute Gasteiger partial charge is 0.325 e. The van der Waals surface area contributed by atoms with Gasteiger partial charge in [0.2, 0.25) is 0 Å². The number of rotatable bonds is 6. The summed E-state index contributed by atoms with van der Waals surface area (Å²) in [5.41, 5.74) is 0.774. The molecule has 0 unspecified atom stereocenters. The quantitative estimate of drug-likeness (QED) is 0.719. The molecule has 0 aliphatic carbocycles. The summed E-state index contributed by atoms with van der Waals surface area (Å²) < 4.78 is 18.4. The minimum absolute atomic E-state index is 0.210. The van der Waals surface area contributed by atoms with E-state index in [0.29, 0.717) is 5.69 Å². The number of ether oxygens (including phenoxy) is 1. The molecule has 0 aromatic heterocycles. The fraction of sp³-hybridized carbons (Fsp3) is 0.118. The van der Waals surface area contributed by atoms with Gasteiger partial charge in [0.05, 0.1) is 0 Å².